The minimum atomic E-state index is -0.0758. The molecule has 3 nitrogen and oxygen atoms in total. The smallest absolute Gasteiger partial charge is 0.138 e. The van der Waals surface area contributed by atoms with E-state index in [-0.39, 0.29) is 11.8 Å². The second kappa shape index (κ2) is 9.70. The molecule has 1 saturated heterocycles. The second-order valence-electron chi connectivity index (χ2n) is 10.1. The highest BCUT2D eigenvalue weighted by molar-refractivity contribution is 9.10. The van der Waals surface area contributed by atoms with Gasteiger partial charge in [0, 0.05) is 33.6 Å². The summed E-state index contributed by atoms with van der Waals surface area (Å²) in [5.41, 5.74) is 3.65. The molecular formula is C28H36BrNO2. The number of methoxy groups -OCH3 is 1. The summed E-state index contributed by atoms with van der Waals surface area (Å²) >= 11 is 3.80. The standard InChI is InChI=1S/C28H36BrNO2/c1-19-14-15-23-26(17-19)32-27(22-11-7-8-12-24(22)29)30(28(23,3)4)18-20(2)16-21-10-6-9-13-25(21)31-5/h6-13,16,19,23,26-27H,14-15,17-18H2,1-5H3/b20-16+/t19-,23?,26?,27+/m1/s1. The molecule has 0 aromatic heterocycles. The highest BCUT2D eigenvalue weighted by atomic mass is 79.9. The van der Waals surface area contributed by atoms with Crippen LogP contribution < -0.4 is 4.74 Å². The molecule has 1 aliphatic heterocycles. The highest BCUT2D eigenvalue weighted by Crippen LogP contribution is 2.50. The van der Waals surface area contributed by atoms with Crippen LogP contribution in [0, 0.1) is 11.8 Å². The molecule has 4 heteroatoms. The van der Waals surface area contributed by atoms with E-state index in [0.29, 0.717) is 12.0 Å². The van der Waals surface area contributed by atoms with Gasteiger partial charge in [-0.3, -0.25) is 4.90 Å². The number of fused-ring (bicyclic) bond motifs is 1. The summed E-state index contributed by atoms with van der Waals surface area (Å²) in [5.74, 6) is 2.17. The van der Waals surface area contributed by atoms with E-state index in [2.05, 4.69) is 91.0 Å². The van der Waals surface area contributed by atoms with Gasteiger partial charge in [-0.1, -0.05) is 77.3 Å². The van der Waals surface area contributed by atoms with E-state index in [4.69, 9.17) is 9.47 Å². The first kappa shape index (κ1) is 23.5. The second-order valence-corrected chi connectivity index (χ2v) is 10.9. The minimum Gasteiger partial charge on any atom is -0.496 e. The van der Waals surface area contributed by atoms with Crippen molar-refractivity contribution in [3.63, 3.8) is 0 Å². The van der Waals surface area contributed by atoms with E-state index in [1.807, 2.05) is 12.1 Å². The molecule has 0 bridgehead atoms. The maximum atomic E-state index is 6.92. The first-order chi connectivity index (χ1) is 15.3. The summed E-state index contributed by atoms with van der Waals surface area (Å²) in [5, 5.41) is 0. The van der Waals surface area contributed by atoms with Gasteiger partial charge in [-0.15, -0.1) is 0 Å². The molecule has 172 valence electrons. The lowest BCUT2D eigenvalue weighted by molar-refractivity contribution is -0.234. The predicted octanol–water partition coefficient (Wildman–Crippen LogP) is 7.48. The molecule has 32 heavy (non-hydrogen) atoms. The van der Waals surface area contributed by atoms with Gasteiger partial charge in [0.25, 0.3) is 0 Å². The number of rotatable bonds is 5. The van der Waals surface area contributed by atoms with Crippen LogP contribution in [0.15, 0.2) is 58.6 Å². The molecule has 4 atom stereocenters. The fourth-order valence-electron chi connectivity index (χ4n) is 5.61. The van der Waals surface area contributed by atoms with Crippen molar-refractivity contribution in [2.24, 2.45) is 11.8 Å². The Hall–Kier alpha value is -1.62. The van der Waals surface area contributed by atoms with E-state index in [1.54, 1.807) is 7.11 Å². The third-order valence-electron chi connectivity index (χ3n) is 7.42. The fourth-order valence-corrected chi connectivity index (χ4v) is 6.09. The number of nitrogens with zero attached hydrogens (tertiary/aromatic N) is 1. The Labute approximate surface area is 201 Å². The van der Waals surface area contributed by atoms with Gasteiger partial charge in [0.2, 0.25) is 0 Å². The molecule has 0 N–H and O–H groups in total. The number of benzene rings is 2. The molecule has 2 aromatic carbocycles. The third kappa shape index (κ3) is 4.69. The topological polar surface area (TPSA) is 21.7 Å². The van der Waals surface area contributed by atoms with Gasteiger partial charge in [0.15, 0.2) is 0 Å². The largest absolute Gasteiger partial charge is 0.496 e. The average Bonchev–Trinajstić information content (AvgIpc) is 2.76. The molecule has 0 radical (unpaired) electrons. The van der Waals surface area contributed by atoms with Crippen LogP contribution in [0.1, 0.15) is 64.3 Å². The lowest BCUT2D eigenvalue weighted by atomic mass is 9.69. The van der Waals surface area contributed by atoms with Crippen LogP contribution >= 0.6 is 15.9 Å². The molecule has 4 rings (SSSR count). The summed E-state index contributed by atoms with van der Waals surface area (Å²) in [4.78, 5) is 2.57. The molecule has 2 fully saturated rings. The quantitative estimate of drug-likeness (QED) is 0.427. The summed E-state index contributed by atoms with van der Waals surface area (Å²) < 4.78 is 13.6. The number of halogens is 1. The van der Waals surface area contributed by atoms with Gasteiger partial charge in [-0.25, -0.2) is 0 Å². The fraction of sp³-hybridized carbons (Fsp3) is 0.500. The first-order valence-electron chi connectivity index (χ1n) is 11.8. The van der Waals surface area contributed by atoms with Crippen LogP contribution in [0.3, 0.4) is 0 Å². The number of para-hydroxylation sites is 1. The van der Waals surface area contributed by atoms with Crippen molar-refractivity contribution in [3.05, 3.63) is 69.7 Å². The van der Waals surface area contributed by atoms with E-state index in [1.165, 1.54) is 24.0 Å². The molecule has 2 aromatic rings. The number of hydrogen-bond donors (Lipinski definition) is 0. The summed E-state index contributed by atoms with van der Waals surface area (Å²) in [6, 6.07) is 16.7. The molecule has 2 unspecified atom stereocenters. The van der Waals surface area contributed by atoms with Crippen LogP contribution in [-0.2, 0) is 4.74 Å². The Morgan fingerprint density at radius 2 is 1.88 bits per heavy atom. The number of hydrogen-bond acceptors (Lipinski definition) is 3. The third-order valence-corrected chi connectivity index (χ3v) is 8.14. The van der Waals surface area contributed by atoms with Crippen LogP contribution in [0.2, 0.25) is 0 Å². The lowest BCUT2D eigenvalue weighted by Crippen LogP contribution is -2.61. The van der Waals surface area contributed by atoms with E-state index in [9.17, 15) is 0 Å². The van der Waals surface area contributed by atoms with Crippen molar-refractivity contribution < 1.29 is 9.47 Å². The van der Waals surface area contributed by atoms with Crippen LogP contribution in [-0.4, -0.2) is 30.2 Å². The lowest BCUT2D eigenvalue weighted by Gasteiger charge is -2.57. The molecule has 1 saturated carbocycles. The summed E-state index contributed by atoms with van der Waals surface area (Å²) in [7, 11) is 1.73. The van der Waals surface area contributed by atoms with Gasteiger partial charge in [-0.05, 0) is 51.7 Å². The van der Waals surface area contributed by atoms with E-state index in [0.717, 1.165) is 34.7 Å². The molecule has 1 heterocycles. The SMILES string of the molecule is COc1ccccc1/C=C(\C)CN1[C@H](c2ccccc2Br)OC2C[C@H](C)CCC2C1(C)C. The molecule has 0 spiro atoms. The van der Waals surface area contributed by atoms with Gasteiger partial charge >= 0.3 is 0 Å². The van der Waals surface area contributed by atoms with Crippen molar-refractivity contribution in [2.75, 3.05) is 13.7 Å². The first-order valence-corrected chi connectivity index (χ1v) is 12.6. The van der Waals surface area contributed by atoms with Crippen molar-refractivity contribution in [3.8, 4) is 5.75 Å². The van der Waals surface area contributed by atoms with Crippen LogP contribution in [0.4, 0.5) is 0 Å². The Kier molecular flexibility index (Phi) is 7.14. The molecule has 1 aliphatic carbocycles. The Morgan fingerprint density at radius 3 is 2.62 bits per heavy atom. The Bertz CT molecular complexity index is 969. The van der Waals surface area contributed by atoms with E-state index >= 15 is 0 Å². The van der Waals surface area contributed by atoms with Gasteiger partial charge in [0.1, 0.15) is 12.0 Å². The summed E-state index contributed by atoms with van der Waals surface area (Å²) in [6.45, 7) is 10.3. The zero-order valence-corrected chi connectivity index (χ0v) is 21.6. The normalized spacial score (nSPS) is 28.2. The summed E-state index contributed by atoms with van der Waals surface area (Å²) in [6.07, 6.45) is 6.15. The average molecular weight is 499 g/mol. The van der Waals surface area contributed by atoms with Gasteiger partial charge in [-0.2, -0.15) is 0 Å². The van der Waals surface area contributed by atoms with Crippen LogP contribution in [0.5, 0.6) is 5.75 Å². The van der Waals surface area contributed by atoms with E-state index < -0.39 is 0 Å². The van der Waals surface area contributed by atoms with Gasteiger partial charge in [0.05, 0.1) is 13.2 Å². The van der Waals surface area contributed by atoms with Crippen molar-refractivity contribution in [2.45, 2.75) is 64.8 Å². The molecular weight excluding hydrogens is 462 g/mol. The zero-order chi connectivity index (χ0) is 22.9. The Balaban J connectivity index is 1.70. The Morgan fingerprint density at radius 1 is 1.16 bits per heavy atom. The number of ether oxygens (including phenoxy) is 2. The van der Waals surface area contributed by atoms with Crippen molar-refractivity contribution in [1.29, 1.82) is 0 Å². The highest BCUT2D eigenvalue weighted by Gasteiger charge is 2.51. The minimum absolute atomic E-state index is 0.0267. The monoisotopic (exact) mass is 497 g/mol. The van der Waals surface area contributed by atoms with Crippen LogP contribution in [0.25, 0.3) is 6.08 Å². The van der Waals surface area contributed by atoms with Gasteiger partial charge < -0.3 is 9.47 Å². The predicted molar refractivity (Wildman–Crippen MR) is 136 cm³/mol. The molecule has 2 aliphatic rings. The van der Waals surface area contributed by atoms with Crippen molar-refractivity contribution in [1.82, 2.24) is 4.90 Å². The maximum absolute atomic E-state index is 6.92. The zero-order valence-electron chi connectivity index (χ0n) is 20.0. The maximum Gasteiger partial charge on any atom is 0.138 e. The van der Waals surface area contributed by atoms with Crippen molar-refractivity contribution >= 4 is 22.0 Å². The molecule has 0 amide bonds.